The van der Waals surface area contributed by atoms with Crippen LogP contribution in [0, 0.1) is 0 Å². The summed E-state index contributed by atoms with van der Waals surface area (Å²) in [6.07, 6.45) is 1.66. The van der Waals surface area contributed by atoms with Gasteiger partial charge in [0, 0.05) is 17.7 Å². The molecular formula is C28H27N3O3. The molecule has 6 nitrogen and oxygen atoms in total. The number of para-hydroxylation sites is 1. The number of benzene rings is 3. The summed E-state index contributed by atoms with van der Waals surface area (Å²) in [5.41, 5.74) is 5.91. The van der Waals surface area contributed by atoms with E-state index in [1.165, 1.54) is 5.56 Å². The van der Waals surface area contributed by atoms with Gasteiger partial charge in [-0.25, -0.2) is 0 Å². The number of nitrogens with one attached hydrogen (secondary N) is 1. The fourth-order valence-electron chi connectivity index (χ4n) is 4.63. The Morgan fingerprint density at radius 2 is 1.71 bits per heavy atom. The zero-order chi connectivity index (χ0) is 23.7. The molecule has 0 radical (unpaired) electrons. The molecule has 1 aromatic heterocycles. The van der Waals surface area contributed by atoms with Crippen molar-refractivity contribution in [2.75, 3.05) is 13.7 Å². The van der Waals surface area contributed by atoms with Gasteiger partial charge in [0.2, 0.25) is 0 Å². The summed E-state index contributed by atoms with van der Waals surface area (Å²) in [5, 5.41) is 17.9. The van der Waals surface area contributed by atoms with Gasteiger partial charge < -0.3 is 14.7 Å². The Morgan fingerprint density at radius 1 is 1.00 bits per heavy atom. The molecule has 1 atom stereocenters. The summed E-state index contributed by atoms with van der Waals surface area (Å²) in [7, 11) is 1.65. The molecule has 34 heavy (non-hydrogen) atoms. The molecule has 0 bridgehead atoms. The average molecular weight is 454 g/mol. The fourth-order valence-corrected chi connectivity index (χ4v) is 4.63. The summed E-state index contributed by atoms with van der Waals surface area (Å²) >= 11 is 0. The number of rotatable bonds is 7. The molecule has 0 fully saturated rings. The zero-order valence-corrected chi connectivity index (χ0v) is 19.3. The number of aromatic nitrogens is 2. The molecule has 0 aliphatic carbocycles. The zero-order valence-electron chi connectivity index (χ0n) is 19.3. The summed E-state index contributed by atoms with van der Waals surface area (Å²) in [6, 6.07) is 23.1. The van der Waals surface area contributed by atoms with Gasteiger partial charge >= 0.3 is 0 Å². The number of fused-ring (bicyclic) bond motifs is 1. The van der Waals surface area contributed by atoms with E-state index in [4.69, 9.17) is 4.74 Å². The molecule has 1 aliphatic rings. The van der Waals surface area contributed by atoms with Crippen LogP contribution in [0.1, 0.15) is 45.7 Å². The minimum atomic E-state index is -0.292. The first kappa shape index (κ1) is 21.8. The number of carbonyl (C=O) groups excluding carboxylic acids is 1. The molecule has 172 valence electrons. The first-order valence-electron chi connectivity index (χ1n) is 11.5. The molecule has 4 aromatic rings. The maximum Gasteiger partial charge on any atom is 0.273 e. The van der Waals surface area contributed by atoms with E-state index in [-0.39, 0.29) is 17.7 Å². The highest BCUT2D eigenvalue weighted by Gasteiger charge is 2.42. The van der Waals surface area contributed by atoms with Crippen LogP contribution in [-0.2, 0) is 12.8 Å². The quantitative estimate of drug-likeness (QED) is 0.406. The van der Waals surface area contributed by atoms with Crippen LogP contribution in [0.25, 0.3) is 11.3 Å². The molecule has 2 N–H and O–H groups in total. The molecular weight excluding hydrogens is 426 g/mol. The van der Waals surface area contributed by atoms with Gasteiger partial charge in [0.25, 0.3) is 5.91 Å². The number of phenolic OH excluding ortho intramolecular Hbond substituents is 1. The first-order valence-corrected chi connectivity index (χ1v) is 11.5. The summed E-state index contributed by atoms with van der Waals surface area (Å²) in [6.45, 7) is 2.67. The second-order valence-corrected chi connectivity index (χ2v) is 8.47. The van der Waals surface area contributed by atoms with Crippen molar-refractivity contribution >= 4 is 5.91 Å². The molecule has 0 saturated heterocycles. The second kappa shape index (κ2) is 9.06. The van der Waals surface area contributed by atoms with E-state index in [0.29, 0.717) is 29.9 Å². The Bertz CT molecular complexity index is 1310. The van der Waals surface area contributed by atoms with E-state index in [0.717, 1.165) is 28.9 Å². The van der Waals surface area contributed by atoms with Gasteiger partial charge in [0.05, 0.1) is 13.2 Å². The van der Waals surface area contributed by atoms with Gasteiger partial charge in [-0.15, -0.1) is 0 Å². The highest BCUT2D eigenvalue weighted by molar-refractivity contribution is 6.00. The van der Waals surface area contributed by atoms with Crippen LogP contribution >= 0.6 is 0 Å². The third-order valence-electron chi connectivity index (χ3n) is 6.53. The first-order chi connectivity index (χ1) is 16.6. The van der Waals surface area contributed by atoms with Gasteiger partial charge in [0.15, 0.2) is 0 Å². The third-order valence-corrected chi connectivity index (χ3v) is 6.53. The van der Waals surface area contributed by atoms with Crippen LogP contribution in [0.15, 0.2) is 72.8 Å². The van der Waals surface area contributed by atoms with Crippen LogP contribution < -0.4 is 4.74 Å². The molecule has 0 saturated carbocycles. The number of aromatic hydroxyl groups is 1. The Kier molecular flexibility index (Phi) is 5.80. The standard InChI is InChI=1S/C28H27N3O3/c1-3-18-8-12-20(13-9-18)27-24-25(22-6-4-5-7-23(22)32)29-30-26(24)28(33)31(27)17-16-19-10-14-21(34-2)15-11-19/h4-15,27,32H,3,16-17H2,1-2H3,(H,29,30). The molecule has 2 heterocycles. The van der Waals surface area contributed by atoms with Crippen LogP contribution in [0.5, 0.6) is 11.5 Å². The number of ether oxygens (including phenoxy) is 1. The Morgan fingerprint density at radius 3 is 2.38 bits per heavy atom. The number of aryl methyl sites for hydroxylation is 1. The fraction of sp³-hybridized carbons (Fsp3) is 0.214. The monoisotopic (exact) mass is 453 g/mol. The summed E-state index contributed by atoms with van der Waals surface area (Å²) < 4.78 is 5.26. The number of hydrogen-bond acceptors (Lipinski definition) is 4. The number of amides is 1. The van der Waals surface area contributed by atoms with Gasteiger partial charge in [-0.3, -0.25) is 9.89 Å². The average Bonchev–Trinajstić information content (AvgIpc) is 3.42. The van der Waals surface area contributed by atoms with Crippen molar-refractivity contribution in [3.63, 3.8) is 0 Å². The predicted octanol–water partition coefficient (Wildman–Crippen LogP) is 5.14. The minimum Gasteiger partial charge on any atom is -0.507 e. The molecule has 1 amide bonds. The van der Waals surface area contributed by atoms with E-state index in [1.54, 1.807) is 19.2 Å². The summed E-state index contributed by atoms with van der Waals surface area (Å²) in [4.78, 5) is 15.4. The maximum atomic E-state index is 13.5. The van der Waals surface area contributed by atoms with E-state index in [2.05, 4.69) is 41.4 Å². The molecule has 0 spiro atoms. The van der Waals surface area contributed by atoms with Gasteiger partial charge in [-0.2, -0.15) is 5.10 Å². The Labute approximate surface area is 198 Å². The third kappa shape index (κ3) is 3.81. The highest BCUT2D eigenvalue weighted by atomic mass is 16.5. The predicted molar refractivity (Wildman–Crippen MR) is 131 cm³/mol. The van der Waals surface area contributed by atoms with Crippen LogP contribution in [0.2, 0.25) is 0 Å². The van der Waals surface area contributed by atoms with Crippen LogP contribution in [-0.4, -0.2) is 39.8 Å². The van der Waals surface area contributed by atoms with E-state index < -0.39 is 0 Å². The lowest BCUT2D eigenvalue weighted by molar-refractivity contribution is 0.0746. The lowest BCUT2D eigenvalue weighted by Crippen LogP contribution is -2.31. The SMILES string of the molecule is CCc1ccc(C2c3c(-c4ccccc4O)n[nH]c3C(=O)N2CCc2ccc(OC)cc2)cc1. The van der Waals surface area contributed by atoms with Crippen molar-refractivity contribution in [3.8, 4) is 22.8 Å². The number of H-pyrrole nitrogens is 1. The summed E-state index contributed by atoms with van der Waals surface area (Å²) in [5.74, 6) is 0.867. The van der Waals surface area contributed by atoms with Crippen molar-refractivity contribution in [3.05, 3.63) is 101 Å². The number of aromatic amines is 1. The Balaban J connectivity index is 1.54. The lowest BCUT2D eigenvalue weighted by atomic mass is 9.94. The van der Waals surface area contributed by atoms with Crippen LogP contribution in [0.3, 0.4) is 0 Å². The largest absolute Gasteiger partial charge is 0.507 e. The van der Waals surface area contributed by atoms with Crippen molar-refractivity contribution in [1.29, 1.82) is 0 Å². The van der Waals surface area contributed by atoms with Crippen LogP contribution in [0.4, 0.5) is 0 Å². The van der Waals surface area contributed by atoms with Gasteiger partial charge in [-0.05, 0) is 53.8 Å². The maximum absolute atomic E-state index is 13.5. The lowest BCUT2D eigenvalue weighted by Gasteiger charge is -2.26. The number of carbonyl (C=O) groups is 1. The number of phenols is 1. The molecule has 1 unspecified atom stereocenters. The minimum absolute atomic E-state index is 0.0812. The normalized spacial score (nSPS) is 14.9. The van der Waals surface area contributed by atoms with Crippen molar-refractivity contribution < 1.29 is 14.6 Å². The van der Waals surface area contributed by atoms with Gasteiger partial charge in [0.1, 0.15) is 22.9 Å². The number of nitrogens with zero attached hydrogens (tertiary/aromatic N) is 2. The molecule has 5 rings (SSSR count). The van der Waals surface area contributed by atoms with E-state index >= 15 is 0 Å². The number of methoxy groups -OCH3 is 1. The highest BCUT2D eigenvalue weighted by Crippen LogP contribution is 2.44. The smallest absolute Gasteiger partial charge is 0.273 e. The van der Waals surface area contributed by atoms with Crippen molar-refractivity contribution in [2.24, 2.45) is 0 Å². The second-order valence-electron chi connectivity index (χ2n) is 8.47. The molecule has 1 aliphatic heterocycles. The Hall–Kier alpha value is -4.06. The van der Waals surface area contributed by atoms with E-state index in [1.807, 2.05) is 41.3 Å². The molecule has 6 heteroatoms. The molecule has 3 aromatic carbocycles. The van der Waals surface area contributed by atoms with Crippen molar-refractivity contribution in [1.82, 2.24) is 15.1 Å². The number of hydrogen-bond donors (Lipinski definition) is 2. The topological polar surface area (TPSA) is 78.5 Å². The van der Waals surface area contributed by atoms with Crippen molar-refractivity contribution in [2.45, 2.75) is 25.8 Å². The van der Waals surface area contributed by atoms with E-state index in [9.17, 15) is 9.90 Å². The van der Waals surface area contributed by atoms with Gasteiger partial charge in [-0.1, -0.05) is 55.5 Å².